The van der Waals surface area contributed by atoms with Crippen molar-refractivity contribution in [2.45, 2.75) is 24.8 Å². The number of carbonyl (C=O) groups excluding carboxylic acids is 1. The molecular weight excluding hydrogens is 460 g/mol. The molecule has 0 bridgehead atoms. The van der Waals surface area contributed by atoms with E-state index in [1.54, 1.807) is 17.0 Å². The van der Waals surface area contributed by atoms with Crippen LogP contribution in [0.4, 0.5) is 0 Å². The van der Waals surface area contributed by atoms with E-state index in [1.807, 2.05) is 44.2 Å². The second kappa shape index (κ2) is 10.1. The maximum Gasteiger partial charge on any atom is 0.277 e. The molecule has 1 aliphatic rings. The Kier molecular flexibility index (Phi) is 7.16. The highest BCUT2D eigenvalue weighted by molar-refractivity contribution is 7.99. The summed E-state index contributed by atoms with van der Waals surface area (Å²) in [4.78, 5) is 14.3. The number of hydrogen-bond acceptors (Lipinski definition) is 7. The molecule has 1 fully saturated rings. The number of nitrogens with zero attached hydrogens (tertiary/aromatic N) is 4. The van der Waals surface area contributed by atoms with E-state index in [1.165, 1.54) is 16.1 Å². The summed E-state index contributed by atoms with van der Waals surface area (Å²) in [5.41, 5.74) is 3.83. The molecule has 33 heavy (non-hydrogen) atoms. The van der Waals surface area contributed by atoms with Crippen LogP contribution in [0.3, 0.4) is 0 Å². The highest BCUT2D eigenvalue weighted by Gasteiger charge is 2.29. The van der Waals surface area contributed by atoms with E-state index < -0.39 is 10.0 Å². The molecule has 8 nitrogen and oxygen atoms in total. The summed E-state index contributed by atoms with van der Waals surface area (Å²) in [5.74, 6) is 0.475. The third-order valence-corrected chi connectivity index (χ3v) is 8.02. The van der Waals surface area contributed by atoms with Gasteiger partial charge in [0, 0.05) is 31.7 Å². The molecule has 3 aromatic rings. The molecular formula is C23H26N4O4S2. The Morgan fingerprint density at radius 3 is 2.33 bits per heavy atom. The molecule has 1 amide bonds. The monoisotopic (exact) mass is 486 g/mol. The average molecular weight is 487 g/mol. The molecule has 0 saturated carbocycles. The summed E-state index contributed by atoms with van der Waals surface area (Å²) in [6.45, 7) is 5.34. The second-order valence-electron chi connectivity index (χ2n) is 8.06. The van der Waals surface area contributed by atoms with Crippen molar-refractivity contribution in [3.05, 3.63) is 65.2 Å². The van der Waals surface area contributed by atoms with Crippen molar-refractivity contribution in [1.29, 1.82) is 0 Å². The van der Waals surface area contributed by atoms with Crippen LogP contribution in [-0.2, 0) is 20.6 Å². The number of thioether (sulfide) groups is 1. The van der Waals surface area contributed by atoms with Crippen molar-refractivity contribution in [2.24, 2.45) is 0 Å². The lowest BCUT2D eigenvalue weighted by Gasteiger charge is -2.34. The van der Waals surface area contributed by atoms with Crippen LogP contribution in [0.2, 0.25) is 0 Å². The molecule has 0 spiro atoms. The molecule has 1 aromatic heterocycles. The number of hydrogen-bond donors (Lipinski definition) is 0. The van der Waals surface area contributed by atoms with Gasteiger partial charge in [0.25, 0.3) is 5.22 Å². The van der Waals surface area contributed by atoms with Gasteiger partial charge in [-0.05, 0) is 31.5 Å². The lowest BCUT2D eigenvalue weighted by Crippen LogP contribution is -2.51. The van der Waals surface area contributed by atoms with Crippen molar-refractivity contribution in [3.8, 4) is 11.5 Å². The van der Waals surface area contributed by atoms with Crippen molar-refractivity contribution in [1.82, 2.24) is 19.4 Å². The SMILES string of the molecule is Cc1cc(C)cc(-c2nnc(SCC(=O)N3CCN(S(=O)(=O)Cc4ccccc4)CC3)o2)c1. The first-order chi connectivity index (χ1) is 15.8. The van der Waals surface area contributed by atoms with E-state index in [2.05, 4.69) is 16.3 Å². The Morgan fingerprint density at radius 1 is 1.00 bits per heavy atom. The first-order valence-electron chi connectivity index (χ1n) is 10.6. The summed E-state index contributed by atoms with van der Waals surface area (Å²) in [6.07, 6.45) is 0. The Balaban J connectivity index is 1.28. The van der Waals surface area contributed by atoms with Crippen LogP contribution in [0.25, 0.3) is 11.5 Å². The van der Waals surface area contributed by atoms with Crippen LogP contribution in [-0.4, -0.2) is 65.7 Å². The zero-order chi connectivity index (χ0) is 23.4. The number of sulfonamides is 1. The first kappa shape index (κ1) is 23.5. The van der Waals surface area contributed by atoms with Crippen LogP contribution in [0.15, 0.2) is 58.2 Å². The van der Waals surface area contributed by atoms with Crippen molar-refractivity contribution in [2.75, 3.05) is 31.9 Å². The molecule has 1 saturated heterocycles. The minimum absolute atomic E-state index is 0.0302. The van der Waals surface area contributed by atoms with Crippen LogP contribution < -0.4 is 0 Å². The van der Waals surface area contributed by atoms with Gasteiger partial charge >= 0.3 is 0 Å². The maximum absolute atomic E-state index is 12.7. The second-order valence-corrected chi connectivity index (χ2v) is 11.0. The highest BCUT2D eigenvalue weighted by Crippen LogP contribution is 2.25. The molecule has 174 valence electrons. The van der Waals surface area contributed by atoms with E-state index >= 15 is 0 Å². The summed E-state index contributed by atoms with van der Waals surface area (Å²) in [7, 11) is -3.41. The van der Waals surface area contributed by atoms with Crippen molar-refractivity contribution < 1.29 is 17.6 Å². The van der Waals surface area contributed by atoms with Gasteiger partial charge in [-0.1, -0.05) is 59.3 Å². The summed E-state index contributed by atoms with van der Waals surface area (Å²) < 4.78 is 32.6. The first-order valence-corrected chi connectivity index (χ1v) is 13.2. The lowest BCUT2D eigenvalue weighted by molar-refractivity contribution is -0.129. The number of carbonyl (C=O) groups is 1. The van der Waals surface area contributed by atoms with Crippen molar-refractivity contribution in [3.63, 3.8) is 0 Å². The largest absolute Gasteiger partial charge is 0.411 e. The van der Waals surface area contributed by atoms with E-state index in [4.69, 9.17) is 4.42 Å². The number of amides is 1. The zero-order valence-electron chi connectivity index (χ0n) is 18.6. The standard InChI is InChI=1S/C23H26N4O4S2/c1-17-12-18(2)14-20(13-17)22-24-25-23(31-22)32-15-21(28)26-8-10-27(11-9-26)33(29,30)16-19-6-4-3-5-7-19/h3-7,12-14H,8-11,15-16H2,1-2H3. The van der Waals surface area contributed by atoms with Gasteiger partial charge in [-0.25, -0.2) is 8.42 Å². The third kappa shape index (κ3) is 6.01. The minimum atomic E-state index is -3.41. The van der Waals surface area contributed by atoms with E-state index in [0.29, 0.717) is 37.3 Å². The highest BCUT2D eigenvalue weighted by atomic mass is 32.2. The van der Waals surface area contributed by atoms with Crippen molar-refractivity contribution >= 4 is 27.7 Å². The van der Waals surface area contributed by atoms with Gasteiger partial charge in [0.15, 0.2) is 0 Å². The number of rotatable bonds is 7. The Labute approximate surface area is 198 Å². The van der Waals surface area contributed by atoms with Crippen LogP contribution >= 0.6 is 11.8 Å². The molecule has 0 radical (unpaired) electrons. The fourth-order valence-corrected chi connectivity index (χ4v) is 5.97. The Bertz CT molecular complexity index is 1200. The smallest absolute Gasteiger partial charge is 0.277 e. The Morgan fingerprint density at radius 2 is 1.67 bits per heavy atom. The average Bonchev–Trinajstić information content (AvgIpc) is 3.26. The minimum Gasteiger partial charge on any atom is -0.411 e. The normalized spacial score (nSPS) is 15.0. The maximum atomic E-state index is 12.7. The van der Waals surface area contributed by atoms with Gasteiger partial charge < -0.3 is 9.32 Å². The zero-order valence-corrected chi connectivity index (χ0v) is 20.2. The molecule has 2 heterocycles. The molecule has 0 unspecified atom stereocenters. The molecule has 4 rings (SSSR count). The molecule has 0 N–H and O–H groups in total. The molecule has 1 aliphatic heterocycles. The predicted octanol–water partition coefficient (Wildman–Crippen LogP) is 3.12. The fourth-order valence-electron chi connectivity index (χ4n) is 3.79. The van der Waals surface area contributed by atoms with Gasteiger partial charge in [0.2, 0.25) is 21.8 Å². The Hall–Kier alpha value is -2.69. The lowest BCUT2D eigenvalue weighted by atomic mass is 10.1. The van der Waals surface area contributed by atoms with E-state index in [0.717, 1.165) is 22.3 Å². The number of benzene rings is 2. The van der Waals surface area contributed by atoms with Gasteiger partial charge in [0.1, 0.15) is 0 Å². The quantitative estimate of drug-likeness (QED) is 0.473. The topological polar surface area (TPSA) is 96.6 Å². The predicted molar refractivity (Wildman–Crippen MR) is 127 cm³/mol. The van der Waals surface area contributed by atoms with Crippen LogP contribution in [0.1, 0.15) is 16.7 Å². The van der Waals surface area contributed by atoms with Gasteiger partial charge in [0.05, 0.1) is 11.5 Å². The molecule has 0 aliphatic carbocycles. The third-order valence-electron chi connectivity index (χ3n) is 5.37. The molecule has 10 heteroatoms. The van der Waals surface area contributed by atoms with E-state index in [9.17, 15) is 13.2 Å². The summed E-state index contributed by atoms with van der Waals surface area (Å²) >= 11 is 1.19. The number of aryl methyl sites for hydroxylation is 2. The fraction of sp³-hybridized carbons (Fsp3) is 0.348. The van der Waals surface area contributed by atoms with Gasteiger partial charge in [-0.15, -0.1) is 10.2 Å². The van der Waals surface area contributed by atoms with Crippen LogP contribution in [0, 0.1) is 13.8 Å². The van der Waals surface area contributed by atoms with Gasteiger partial charge in [-0.2, -0.15) is 4.31 Å². The molecule has 0 atom stereocenters. The summed E-state index contributed by atoms with van der Waals surface area (Å²) in [6, 6.07) is 15.1. The van der Waals surface area contributed by atoms with Gasteiger partial charge in [-0.3, -0.25) is 4.79 Å². The van der Waals surface area contributed by atoms with E-state index in [-0.39, 0.29) is 17.4 Å². The summed E-state index contributed by atoms with van der Waals surface area (Å²) in [5, 5.41) is 8.47. The van der Waals surface area contributed by atoms with Crippen LogP contribution in [0.5, 0.6) is 0 Å². The molecule has 2 aromatic carbocycles. The number of piperazine rings is 1. The number of aromatic nitrogens is 2.